The van der Waals surface area contributed by atoms with E-state index in [-0.39, 0.29) is 22.9 Å². The lowest BCUT2D eigenvalue weighted by atomic mass is 10.2. The molecule has 0 heterocycles. The number of hydrogen-bond donors (Lipinski definition) is 3. The van der Waals surface area contributed by atoms with Crippen molar-refractivity contribution in [3.8, 4) is 11.5 Å². The topological polar surface area (TPSA) is 70.6 Å². The number of aromatic hydroxyl groups is 1. The molecule has 0 aliphatic carbocycles. The van der Waals surface area contributed by atoms with E-state index in [1.807, 2.05) is 13.8 Å². The van der Waals surface area contributed by atoms with Gasteiger partial charge in [-0.3, -0.25) is 10.1 Å². The Balaban J connectivity index is 2.01. The van der Waals surface area contributed by atoms with Crippen LogP contribution in [0.1, 0.15) is 24.2 Å². The lowest BCUT2D eigenvalue weighted by molar-refractivity contribution is 0.0977. The van der Waals surface area contributed by atoms with Gasteiger partial charge in [-0.2, -0.15) is 0 Å². The van der Waals surface area contributed by atoms with E-state index in [0.717, 1.165) is 0 Å². The molecule has 2 aromatic rings. The quantitative estimate of drug-likeness (QED) is 0.593. The second-order valence-electron chi connectivity index (χ2n) is 5.12. The Bertz CT molecular complexity index is 716. The molecule has 0 spiro atoms. The Morgan fingerprint density at radius 2 is 1.91 bits per heavy atom. The number of ether oxygens (including phenoxy) is 1. The lowest BCUT2D eigenvalue weighted by Crippen LogP contribution is -2.34. The monoisotopic (exact) mass is 330 g/mol. The predicted molar refractivity (Wildman–Crippen MR) is 94.0 cm³/mol. The molecular formula is C17H18N2O3S. The van der Waals surface area contributed by atoms with Crippen LogP contribution >= 0.6 is 12.2 Å². The van der Waals surface area contributed by atoms with Crippen molar-refractivity contribution < 1.29 is 14.6 Å². The second-order valence-corrected chi connectivity index (χ2v) is 5.53. The number of rotatable bonds is 4. The summed E-state index contributed by atoms with van der Waals surface area (Å²) in [7, 11) is 0. The molecule has 0 aromatic heterocycles. The number of carbonyl (C=O) groups excluding carboxylic acids is 1. The average Bonchev–Trinajstić information content (AvgIpc) is 2.49. The van der Waals surface area contributed by atoms with Crippen LogP contribution in [0.25, 0.3) is 0 Å². The number of phenols is 1. The summed E-state index contributed by atoms with van der Waals surface area (Å²) in [4.78, 5) is 12.2. The summed E-state index contributed by atoms with van der Waals surface area (Å²) in [6.07, 6.45) is 0.0251. The molecule has 0 saturated heterocycles. The molecule has 0 atom stereocenters. The molecular weight excluding hydrogens is 312 g/mol. The summed E-state index contributed by atoms with van der Waals surface area (Å²) in [5.74, 6) is 0.316. The van der Waals surface area contributed by atoms with Gasteiger partial charge in [0.15, 0.2) is 5.11 Å². The van der Waals surface area contributed by atoms with Crippen LogP contribution in [0.5, 0.6) is 11.5 Å². The molecule has 0 saturated carbocycles. The first-order valence-corrected chi connectivity index (χ1v) is 7.53. The minimum absolute atomic E-state index is 0.0251. The number of nitrogens with one attached hydrogen (secondary N) is 2. The van der Waals surface area contributed by atoms with Crippen LogP contribution in [-0.4, -0.2) is 22.2 Å². The highest BCUT2D eigenvalue weighted by Gasteiger charge is 2.10. The zero-order chi connectivity index (χ0) is 16.8. The lowest BCUT2D eigenvalue weighted by Gasteiger charge is -2.12. The Hall–Kier alpha value is -2.60. The standard InChI is InChI=1S/C17H18N2O3S/c1-11(2)22-13-7-5-6-12(10-13)16(21)19-17(23)18-14-8-3-4-9-15(14)20/h3-11,20H,1-2H3,(H2,18,19,21,23). The number of hydrogen-bond acceptors (Lipinski definition) is 4. The molecule has 0 aliphatic heterocycles. The van der Waals surface area contributed by atoms with Gasteiger partial charge in [0.05, 0.1) is 11.8 Å². The third-order valence-electron chi connectivity index (χ3n) is 2.85. The zero-order valence-electron chi connectivity index (χ0n) is 12.9. The number of thiocarbonyl (C=S) groups is 1. The van der Waals surface area contributed by atoms with Crippen LogP contribution in [0.3, 0.4) is 0 Å². The van der Waals surface area contributed by atoms with Gasteiger partial charge >= 0.3 is 0 Å². The van der Waals surface area contributed by atoms with Crippen LogP contribution in [0.15, 0.2) is 48.5 Å². The van der Waals surface area contributed by atoms with Gasteiger partial charge in [0.1, 0.15) is 11.5 Å². The molecule has 0 fully saturated rings. The van der Waals surface area contributed by atoms with Crippen molar-refractivity contribution in [3.63, 3.8) is 0 Å². The molecule has 0 aliphatic rings. The Morgan fingerprint density at radius 1 is 1.17 bits per heavy atom. The first-order chi connectivity index (χ1) is 11.0. The van der Waals surface area contributed by atoms with Crippen LogP contribution in [0.2, 0.25) is 0 Å². The molecule has 1 amide bonds. The molecule has 3 N–H and O–H groups in total. The first kappa shape index (κ1) is 16.8. The van der Waals surface area contributed by atoms with Crippen molar-refractivity contribution in [3.05, 3.63) is 54.1 Å². The highest BCUT2D eigenvalue weighted by molar-refractivity contribution is 7.80. The van der Waals surface area contributed by atoms with Crippen LogP contribution < -0.4 is 15.4 Å². The van der Waals surface area contributed by atoms with Gasteiger partial charge in [0.2, 0.25) is 0 Å². The highest BCUT2D eigenvalue weighted by Crippen LogP contribution is 2.21. The third-order valence-corrected chi connectivity index (χ3v) is 3.05. The van der Waals surface area contributed by atoms with Crippen LogP contribution in [0, 0.1) is 0 Å². The third kappa shape index (κ3) is 4.96. The summed E-state index contributed by atoms with van der Waals surface area (Å²) in [6, 6.07) is 13.5. The van der Waals surface area contributed by atoms with Gasteiger partial charge < -0.3 is 15.2 Å². The number of phenolic OH excluding ortho intramolecular Hbond substituents is 1. The maximum Gasteiger partial charge on any atom is 0.257 e. The van der Waals surface area contributed by atoms with Crippen molar-refractivity contribution in [1.82, 2.24) is 5.32 Å². The minimum Gasteiger partial charge on any atom is -0.506 e. The molecule has 2 aromatic carbocycles. The molecule has 120 valence electrons. The number of anilines is 1. The van der Waals surface area contributed by atoms with Crippen molar-refractivity contribution in [2.24, 2.45) is 0 Å². The van der Waals surface area contributed by atoms with Crippen molar-refractivity contribution >= 4 is 28.9 Å². The second kappa shape index (κ2) is 7.60. The van der Waals surface area contributed by atoms with E-state index < -0.39 is 0 Å². The SMILES string of the molecule is CC(C)Oc1cccc(C(=O)NC(=S)Nc2ccccc2O)c1. The van der Waals surface area contributed by atoms with Crippen molar-refractivity contribution in [2.75, 3.05) is 5.32 Å². The van der Waals surface area contributed by atoms with Crippen molar-refractivity contribution in [2.45, 2.75) is 20.0 Å². The summed E-state index contributed by atoms with van der Waals surface area (Å²) in [5.41, 5.74) is 0.860. The summed E-state index contributed by atoms with van der Waals surface area (Å²) >= 11 is 5.09. The number of para-hydroxylation sites is 2. The fraction of sp³-hybridized carbons (Fsp3) is 0.176. The number of amides is 1. The summed E-state index contributed by atoms with van der Waals surface area (Å²) in [6.45, 7) is 3.83. The Morgan fingerprint density at radius 3 is 2.61 bits per heavy atom. The fourth-order valence-corrected chi connectivity index (χ4v) is 2.09. The smallest absolute Gasteiger partial charge is 0.257 e. The molecule has 0 unspecified atom stereocenters. The zero-order valence-corrected chi connectivity index (χ0v) is 13.7. The first-order valence-electron chi connectivity index (χ1n) is 7.13. The van der Waals surface area contributed by atoms with Gasteiger partial charge in [0, 0.05) is 5.56 Å². The van der Waals surface area contributed by atoms with E-state index >= 15 is 0 Å². The van der Waals surface area contributed by atoms with Gasteiger partial charge in [0.25, 0.3) is 5.91 Å². The van der Waals surface area contributed by atoms with Gasteiger partial charge in [-0.05, 0) is 56.4 Å². The van der Waals surface area contributed by atoms with Crippen LogP contribution in [-0.2, 0) is 0 Å². The van der Waals surface area contributed by atoms with E-state index in [0.29, 0.717) is 17.0 Å². The molecule has 5 nitrogen and oxygen atoms in total. The van der Waals surface area contributed by atoms with E-state index in [1.165, 1.54) is 6.07 Å². The van der Waals surface area contributed by atoms with Gasteiger partial charge in [-0.25, -0.2) is 0 Å². The average molecular weight is 330 g/mol. The predicted octanol–water partition coefficient (Wildman–Crippen LogP) is 3.31. The maximum absolute atomic E-state index is 12.2. The van der Waals surface area contributed by atoms with Crippen LogP contribution in [0.4, 0.5) is 5.69 Å². The van der Waals surface area contributed by atoms with Gasteiger partial charge in [-0.15, -0.1) is 0 Å². The molecule has 23 heavy (non-hydrogen) atoms. The van der Waals surface area contributed by atoms with E-state index in [4.69, 9.17) is 17.0 Å². The molecule has 0 bridgehead atoms. The van der Waals surface area contributed by atoms with Gasteiger partial charge in [-0.1, -0.05) is 18.2 Å². The van der Waals surface area contributed by atoms with Crippen molar-refractivity contribution in [1.29, 1.82) is 0 Å². The summed E-state index contributed by atoms with van der Waals surface area (Å²) in [5, 5.41) is 15.1. The van der Waals surface area contributed by atoms with E-state index in [9.17, 15) is 9.90 Å². The minimum atomic E-state index is -0.355. The van der Waals surface area contributed by atoms with E-state index in [2.05, 4.69) is 10.6 Å². The maximum atomic E-state index is 12.2. The normalized spacial score (nSPS) is 10.2. The Labute approximate surface area is 140 Å². The fourth-order valence-electron chi connectivity index (χ4n) is 1.89. The highest BCUT2D eigenvalue weighted by atomic mass is 32.1. The number of carbonyl (C=O) groups is 1. The largest absolute Gasteiger partial charge is 0.506 e. The van der Waals surface area contributed by atoms with E-state index in [1.54, 1.807) is 42.5 Å². The molecule has 0 radical (unpaired) electrons. The molecule has 6 heteroatoms. The molecule has 2 rings (SSSR count). The Kier molecular flexibility index (Phi) is 5.54. The number of benzene rings is 2. The summed E-state index contributed by atoms with van der Waals surface area (Å²) < 4.78 is 5.56.